The molecule has 0 bridgehead atoms. The topological polar surface area (TPSA) is 80.6 Å². The number of ether oxygens (including phenoxy) is 1. The number of para-hydroxylation sites is 1. The van der Waals surface area contributed by atoms with Crippen molar-refractivity contribution in [2.45, 2.75) is 26.3 Å². The molecular weight excluding hydrogens is 390 g/mol. The van der Waals surface area contributed by atoms with E-state index in [1.54, 1.807) is 13.2 Å². The number of nitrogens with zero attached hydrogens (tertiary/aromatic N) is 2. The molecule has 0 atom stereocenters. The molecular formula is C21H25N3O4S. The number of carbonyl (C=O) groups excluding carboxylic acids is 3. The molecule has 8 heteroatoms. The molecule has 29 heavy (non-hydrogen) atoms. The molecule has 1 aromatic heterocycles. The highest BCUT2D eigenvalue weighted by Gasteiger charge is 2.34. The van der Waals surface area contributed by atoms with E-state index in [1.165, 1.54) is 4.90 Å². The largest absolute Gasteiger partial charge is 0.383 e. The summed E-state index contributed by atoms with van der Waals surface area (Å²) in [5.74, 6) is -0.364. The van der Waals surface area contributed by atoms with Crippen LogP contribution in [0.15, 0.2) is 35.4 Å². The van der Waals surface area contributed by atoms with Gasteiger partial charge >= 0.3 is 0 Å². The molecule has 0 spiro atoms. The summed E-state index contributed by atoms with van der Waals surface area (Å²) in [7, 11) is 1.59. The van der Waals surface area contributed by atoms with Gasteiger partial charge in [-0.1, -0.05) is 31.5 Å². The Kier molecular flexibility index (Phi) is 7.11. The van der Waals surface area contributed by atoms with Gasteiger partial charge in [-0.25, -0.2) is 0 Å². The summed E-state index contributed by atoms with van der Waals surface area (Å²) < 4.78 is 6.80. The van der Waals surface area contributed by atoms with E-state index in [-0.39, 0.29) is 23.6 Å². The van der Waals surface area contributed by atoms with Crippen LogP contribution in [0.4, 0.5) is 4.79 Å². The number of methoxy groups -OCH3 is 1. The molecule has 1 aliphatic heterocycles. The van der Waals surface area contributed by atoms with E-state index in [4.69, 9.17) is 4.74 Å². The Balaban J connectivity index is 1.85. The van der Waals surface area contributed by atoms with Crippen molar-refractivity contribution in [3.8, 4) is 0 Å². The summed E-state index contributed by atoms with van der Waals surface area (Å²) in [6, 6.07) is 7.70. The first-order chi connectivity index (χ1) is 14.0. The normalized spacial score (nSPS) is 15.7. The molecule has 1 saturated heterocycles. The number of hydrogen-bond acceptors (Lipinski definition) is 5. The van der Waals surface area contributed by atoms with Gasteiger partial charge in [-0.05, 0) is 30.3 Å². The second-order valence-corrected chi connectivity index (χ2v) is 7.75. The number of aromatic nitrogens is 1. The highest BCUT2D eigenvalue weighted by molar-refractivity contribution is 8.18. The van der Waals surface area contributed by atoms with Gasteiger partial charge in [-0.15, -0.1) is 0 Å². The molecule has 0 radical (unpaired) electrons. The third kappa shape index (κ3) is 4.89. The highest BCUT2D eigenvalue weighted by Crippen LogP contribution is 2.34. The Labute approximate surface area is 174 Å². The maximum Gasteiger partial charge on any atom is 0.293 e. The molecule has 0 unspecified atom stereocenters. The summed E-state index contributed by atoms with van der Waals surface area (Å²) >= 11 is 0.968. The van der Waals surface area contributed by atoms with Crippen LogP contribution < -0.4 is 5.32 Å². The van der Waals surface area contributed by atoms with Crippen LogP contribution in [0.1, 0.15) is 25.3 Å². The summed E-state index contributed by atoms with van der Waals surface area (Å²) in [4.78, 5) is 38.8. The van der Waals surface area contributed by atoms with Gasteiger partial charge < -0.3 is 14.6 Å². The Morgan fingerprint density at radius 3 is 2.83 bits per heavy atom. The van der Waals surface area contributed by atoms with E-state index in [1.807, 2.05) is 42.0 Å². The predicted octanol–water partition coefficient (Wildman–Crippen LogP) is 3.24. The van der Waals surface area contributed by atoms with Gasteiger partial charge in [-0.3, -0.25) is 19.3 Å². The fourth-order valence-corrected chi connectivity index (χ4v) is 4.03. The second kappa shape index (κ2) is 9.76. The summed E-state index contributed by atoms with van der Waals surface area (Å²) in [6.45, 7) is 3.54. The van der Waals surface area contributed by atoms with E-state index in [0.29, 0.717) is 24.6 Å². The fraction of sp³-hybridized carbons (Fsp3) is 0.381. The molecule has 2 aromatic rings. The van der Waals surface area contributed by atoms with E-state index in [0.717, 1.165) is 41.1 Å². The minimum Gasteiger partial charge on any atom is -0.383 e. The maximum absolute atomic E-state index is 12.6. The number of hydrogen-bond donors (Lipinski definition) is 1. The molecule has 1 fully saturated rings. The monoisotopic (exact) mass is 415 g/mol. The average molecular weight is 416 g/mol. The van der Waals surface area contributed by atoms with Crippen molar-refractivity contribution >= 4 is 45.8 Å². The average Bonchev–Trinajstić information content (AvgIpc) is 3.18. The summed E-state index contributed by atoms with van der Waals surface area (Å²) in [5.41, 5.74) is 1.71. The van der Waals surface area contributed by atoms with Crippen LogP contribution in [-0.2, 0) is 20.9 Å². The minimum absolute atomic E-state index is 0.116. The molecule has 1 aromatic carbocycles. The van der Waals surface area contributed by atoms with Gasteiger partial charge in [0.15, 0.2) is 0 Å². The van der Waals surface area contributed by atoms with Crippen LogP contribution in [0.25, 0.3) is 17.0 Å². The van der Waals surface area contributed by atoms with Crippen molar-refractivity contribution in [1.29, 1.82) is 0 Å². The fourth-order valence-electron chi connectivity index (χ4n) is 3.17. The lowest BCUT2D eigenvalue weighted by atomic mass is 10.1. The predicted molar refractivity (Wildman–Crippen MR) is 114 cm³/mol. The Morgan fingerprint density at radius 1 is 1.28 bits per heavy atom. The van der Waals surface area contributed by atoms with Gasteiger partial charge in [0.05, 0.1) is 11.5 Å². The Morgan fingerprint density at radius 2 is 2.07 bits per heavy atom. The Hall–Kier alpha value is -2.58. The lowest BCUT2D eigenvalue weighted by Gasteiger charge is -2.10. The lowest BCUT2D eigenvalue weighted by Crippen LogP contribution is -2.30. The van der Waals surface area contributed by atoms with Crippen LogP contribution in [0.5, 0.6) is 0 Å². The van der Waals surface area contributed by atoms with Crippen molar-refractivity contribution in [3.05, 3.63) is 40.9 Å². The van der Waals surface area contributed by atoms with Gasteiger partial charge in [0.25, 0.3) is 11.1 Å². The number of thioether (sulfide) groups is 1. The number of unbranched alkanes of at least 4 members (excludes halogenated alkanes) is 1. The van der Waals surface area contributed by atoms with Gasteiger partial charge in [0.1, 0.15) is 6.54 Å². The number of imide groups is 1. The summed E-state index contributed by atoms with van der Waals surface area (Å²) in [6.07, 6.45) is 5.31. The summed E-state index contributed by atoms with van der Waals surface area (Å²) in [5, 5.41) is 3.51. The van der Waals surface area contributed by atoms with Crippen molar-refractivity contribution in [2.75, 3.05) is 26.8 Å². The first-order valence-electron chi connectivity index (χ1n) is 9.64. The van der Waals surface area contributed by atoms with E-state index >= 15 is 0 Å². The van der Waals surface area contributed by atoms with Gasteiger partial charge in [0.2, 0.25) is 5.91 Å². The highest BCUT2D eigenvalue weighted by atomic mass is 32.2. The zero-order valence-electron chi connectivity index (χ0n) is 16.6. The number of rotatable bonds is 9. The van der Waals surface area contributed by atoms with Crippen LogP contribution >= 0.6 is 11.8 Å². The van der Waals surface area contributed by atoms with Crippen molar-refractivity contribution in [1.82, 2.24) is 14.8 Å². The molecule has 7 nitrogen and oxygen atoms in total. The third-order valence-corrected chi connectivity index (χ3v) is 5.56. The Bertz CT molecular complexity index is 951. The molecule has 1 N–H and O–H groups in total. The maximum atomic E-state index is 12.6. The second-order valence-electron chi connectivity index (χ2n) is 6.76. The van der Waals surface area contributed by atoms with Gasteiger partial charge in [-0.2, -0.15) is 0 Å². The quantitative estimate of drug-likeness (QED) is 0.502. The minimum atomic E-state index is -0.248. The number of amides is 3. The number of nitrogens with one attached hydrogen (secondary N) is 1. The van der Waals surface area contributed by atoms with Crippen molar-refractivity contribution in [2.24, 2.45) is 0 Å². The van der Waals surface area contributed by atoms with E-state index in [9.17, 15) is 14.4 Å². The molecule has 1 aliphatic rings. The lowest BCUT2D eigenvalue weighted by molar-refractivity contribution is -0.123. The first-order valence-corrected chi connectivity index (χ1v) is 10.5. The number of carbonyl (C=O) groups is 3. The third-order valence-electron chi connectivity index (χ3n) is 4.66. The molecule has 154 valence electrons. The zero-order chi connectivity index (χ0) is 20.8. The number of fused-ring (bicyclic) bond motifs is 1. The number of benzene rings is 1. The van der Waals surface area contributed by atoms with Crippen LogP contribution in [0.3, 0.4) is 0 Å². The standard InChI is InChI=1S/C21H25N3O4S/c1-3-4-10-24-20(26)18(29-21(24)27)12-15-13-23(14-19(25)22-9-11-28-2)17-8-6-5-7-16(15)17/h5-8,12-13H,3-4,9-11,14H2,1-2H3,(H,22,25)/b18-12-. The van der Waals surface area contributed by atoms with Crippen molar-refractivity contribution < 1.29 is 19.1 Å². The first kappa shape index (κ1) is 21.1. The SMILES string of the molecule is CCCCN1C(=O)S/C(=C\c2cn(CC(=O)NCCOC)c3ccccc23)C1=O. The van der Waals surface area contributed by atoms with Crippen LogP contribution in [0.2, 0.25) is 0 Å². The van der Waals surface area contributed by atoms with Crippen LogP contribution in [-0.4, -0.2) is 53.3 Å². The molecule has 3 amide bonds. The molecule has 0 aliphatic carbocycles. The molecule has 0 saturated carbocycles. The van der Waals surface area contributed by atoms with Gasteiger partial charge in [0, 0.05) is 42.9 Å². The van der Waals surface area contributed by atoms with E-state index < -0.39 is 0 Å². The zero-order valence-corrected chi connectivity index (χ0v) is 17.5. The van der Waals surface area contributed by atoms with Crippen molar-refractivity contribution in [3.63, 3.8) is 0 Å². The molecule has 2 heterocycles. The van der Waals surface area contributed by atoms with Crippen LogP contribution in [0, 0.1) is 0 Å². The molecule has 3 rings (SSSR count). The van der Waals surface area contributed by atoms with E-state index in [2.05, 4.69) is 5.32 Å². The smallest absolute Gasteiger partial charge is 0.293 e.